The third-order valence-corrected chi connectivity index (χ3v) is 15.4. The van der Waals surface area contributed by atoms with E-state index in [1.54, 1.807) is 0 Å². The minimum absolute atomic E-state index is 0.0428. The third-order valence-electron chi connectivity index (χ3n) is 14.4. The van der Waals surface area contributed by atoms with Crippen LogP contribution in [0.3, 0.4) is 0 Å². The number of amides is 1. The second-order valence-electron chi connectivity index (χ2n) is 22.9. The Morgan fingerprint density at radius 3 is 1.18 bits per heavy atom. The minimum Gasteiger partial charge on any atom is -0.456 e. The fourth-order valence-corrected chi connectivity index (χ4v) is 10.2. The van der Waals surface area contributed by atoms with Gasteiger partial charge in [0.2, 0.25) is 5.91 Å². The van der Waals surface area contributed by atoms with Gasteiger partial charge < -0.3 is 19.4 Å². The van der Waals surface area contributed by atoms with Crippen molar-refractivity contribution in [3.05, 3.63) is 24.3 Å². The van der Waals surface area contributed by atoms with Gasteiger partial charge in [-0.25, -0.2) is 4.57 Å². The van der Waals surface area contributed by atoms with E-state index in [9.17, 15) is 19.0 Å². The molecule has 432 valence electrons. The van der Waals surface area contributed by atoms with Crippen molar-refractivity contribution in [2.75, 3.05) is 40.9 Å². The summed E-state index contributed by atoms with van der Waals surface area (Å²) in [6.45, 7) is 7.03. The second kappa shape index (κ2) is 53.9. The first-order valence-corrected chi connectivity index (χ1v) is 33.2. The summed E-state index contributed by atoms with van der Waals surface area (Å²) in [4.78, 5) is 37.7. The molecule has 0 radical (unpaired) electrons. The van der Waals surface area contributed by atoms with Crippen LogP contribution in [0.5, 0.6) is 0 Å². The largest absolute Gasteiger partial charge is 0.472 e. The Hall–Kier alpha value is -1.51. The molecule has 0 rings (SSSR count). The molecule has 10 heteroatoms. The summed E-state index contributed by atoms with van der Waals surface area (Å²) in [5, 5.41) is 3.06. The van der Waals surface area contributed by atoms with Gasteiger partial charge in [-0.2, -0.15) is 0 Å². The molecule has 0 aliphatic carbocycles. The number of carbonyl (C=O) groups is 2. The second-order valence-corrected chi connectivity index (χ2v) is 24.4. The zero-order valence-electron chi connectivity index (χ0n) is 49.4. The van der Waals surface area contributed by atoms with Crippen LogP contribution in [0.4, 0.5) is 0 Å². The maximum atomic E-state index is 13.5. The van der Waals surface area contributed by atoms with E-state index in [0.717, 1.165) is 64.2 Å². The number of esters is 1. The van der Waals surface area contributed by atoms with Crippen molar-refractivity contribution in [2.45, 2.75) is 328 Å². The molecular weight excluding hydrogens is 928 g/mol. The van der Waals surface area contributed by atoms with Gasteiger partial charge in [-0.05, 0) is 57.4 Å². The van der Waals surface area contributed by atoms with E-state index in [2.05, 4.69) is 38.2 Å². The maximum absolute atomic E-state index is 13.5. The Bertz CT molecular complexity index is 1300. The minimum atomic E-state index is -4.44. The Morgan fingerprint density at radius 1 is 0.466 bits per heavy atom. The molecule has 3 unspecified atom stereocenters. The Morgan fingerprint density at radius 2 is 0.795 bits per heavy atom. The van der Waals surface area contributed by atoms with Crippen molar-refractivity contribution in [1.29, 1.82) is 0 Å². The van der Waals surface area contributed by atoms with E-state index in [1.807, 2.05) is 33.3 Å². The zero-order valence-corrected chi connectivity index (χ0v) is 50.3. The van der Waals surface area contributed by atoms with Crippen LogP contribution in [-0.4, -0.2) is 74.3 Å². The number of phosphoric acid groups is 1. The molecule has 0 aliphatic heterocycles. The lowest BCUT2D eigenvalue weighted by Gasteiger charge is -2.27. The van der Waals surface area contributed by atoms with Crippen molar-refractivity contribution >= 4 is 19.7 Å². The topological polar surface area (TPSA) is 111 Å². The number of rotatable bonds is 58. The van der Waals surface area contributed by atoms with Gasteiger partial charge in [-0.3, -0.25) is 18.6 Å². The smallest absolute Gasteiger partial charge is 0.456 e. The Labute approximate surface area is 454 Å². The molecular formula is C63H124N2O7P+. The van der Waals surface area contributed by atoms with Crippen LogP contribution < -0.4 is 5.32 Å². The number of phosphoric ester groups is 1. The van der Waals surface area contributed by atoms with Gasteiger partial charge in [0.1, 0.15) is 19.3 Å². The lowest BCUT2D eigenvalue weighted by atomic mass is 10.0. The molecule has 73 heavy (non-hydrogen) atoms. The van der Waals surface area contributed by atoms with Crippen LogP contribution >= 0.6 is 7.82 Å². The van der Waals surface area contributed by atoms with E-state index in [0.29, 0.717) is 23.9 Å². The van der Waals surface area contributed by atoms with Gasteiger partial charge in [0.05, 0.1) is 33.8 Å². The molecule has 1 amide bonds. The lowest BCUT2D eigenvalue weighted by Crippen LogP contribution is -2.47. The van der Waals surface area contributed by atoms with Crippen molar-refractivity contribution < 1.29 is 37.3 Å². The average molecular weight is 1050 g/mol. The van der Waals surface area contributed by atoms with E-state index >= 15 is 0 Å². The fourth-order valence-electron chi connectivity index (χ4n) is 9.47. The SMILES string of the molecule is CCCCCC/C=C\CCCCCCCCCC(=O)NC(COP(=O)(O)OCC[N+](C)(C)C)C(/C=C\CCCCCCCCCCC)OC(=O)CCCCCCCCCCCCCCCCCCCCCCC. The van der Waals surface area contributed by atoms with Gasteiger partial charge in [-0.1, -0.05) is 270 Å². The number of allylic oxidation sites excluding steroid dienone is 3. The Kier molecular flexibility index (Phi) is 52.8. The molecule has 0 heterocycles. The molecule has 3 atom stereocenters. The fraction of sp³-hybridized carbons (Fsp3) is 0.905. The van der Waals surface area contributed by atoms with Gasteiger partial charge in [-0.15, -0.1) is 0 Å². The molecule has 2 N–H and O–H groups in total. The van der Waals surface area contributed by atoms with Crippen molar-refractivity contribution in [3.8, 4) is 0 Å². The van der Waals surface area contributed by atoms with E-state index in [-0.39, 0.29) is 25.1 Å². The average Bonchev–Trinajstić information content (AvgIpc) is 3.35. The number of ether oxygens (including phenoxy) is 1. The summed E-state index contributed by atoms with van der Waals surface area (Å²) in [7, 11) is 1.51. The first-order valence-electron chi connectivity index (χ1n) is 31.7. The molecule has 0 aromatic rings. The van der Waals surface area contributed by atoms with Crippen molar-refractivity contribution in [3.63, 3.8) is 0 Å². The van der Waals surface area contributed by atoms with Crippen LogP contribution in [0.15, 0.2) is 24.3 Å². The summed E-state index contributed by atoms with van der Waals surface area (Å²) in [6.07, 6.45) is 63.2. The lowest BCUT2D eigenvalue weighted by molar-refractivity contribution is -0.870. The van der Waals surface area contributed by atoms with Gasteiger partial charge in [0.25, 0.3) is 0 Å². The number of hydrogen-bond donors (Lipinski definition) is 2. The van der Waals surface area contributed by atoms with E-state index in [4.69, 9.17) is 13.8 Å². The first kappa shape index (κ1) is 71.5. The number of hydrogen-bond acceptors (Lipinski definition) is 6. The molecule has 9 nitrogen and oxygen atoms in total. The monoisotopic (exact) mass is 1050 g/mol. The van der Waals surface area contributed by atoms with Crippen LogP contribution in [0.1, 0.15) is 316 Å². The van der Waals surface area contributed by atoms with Crippen LogP contribution in [0, 0.1) is 0 Å². The van der Waals surface area contributed by atoms with Gasteiger partial charge in [0, 0.05) is 12.8 Å². The molecule has 0 saturated carbocycles. The summed E-state index contributed by atoms with van der Waals surface area (Å²) in [5.74, 6) is -0.494. The van der Waals surface area contributed by atoms with Crippen LogP contribution in [-0.2, 0) is 27.9 Å². The number of unbranched alkanes of at least 4 members (excludes halogenated alkanes) is 40. The molecule has 0 fully saturated rings. The summed E-state index contributed by atoms with van der Waals surface area (Å²) in [5.41, 5.74) is 0. The van der Waals surface area contributed by atoms with Gasteiger partial charge in [0.15, 0.2) is 0 Å². The molecule has 0 aromatic heterocycles. The van der Waals surface area contributed by atoms with Crippen LogP contribution in [0.2, 0.25) is 0 Å². The maximum Gasteiger partial charge on any atom is 0.472 e. The highest BCUT2D eigenvalue weighted by molar-refractivity contribution is 7.47. The Balaban J connectivity index is 5.13. The molecule has 0 bridgehead atoms. The highest BCUT2D eigenvalue weighted by atomic mass is 31.2. The predicted molar refractivity (Wildman–Crippen MR) is 314 cm³/mol. The number of likely N-dealkylation sites (N-methyl/N-ethyl adjacent to an activating group) is 1. The highest BCUT2D eigenvalue weighted by Crippen LogP contribution is 2.43. The van der Waals surface area contributed by atoms with E-state index in [1.165, 1.54) is 218 Å². The number of nitrogens with one attached hydrogen (secondary N) is 1. The molecule has 0 aromatic carbocycles. The summed E-state index contributed by atoms with van der Waals surface area (Å²) >= 11 is 0. The normalized spacial score (nSPS) is 13.8. The highest BCUT2D eigenvalue weighted by Gasteiger charge is 2.30. The number of carbonyl (C=O) groups excluding carboxylic acids is 2. The summed E-state index contributed by atoms with van der Waals surface area (Å²) in [6, 6.07) is -0.844. The third kappa shape index (κ3) is 55.1. The number of nitrogens with zero attached hydrogens (tertiary/aromatic N) is 1. The van der Waals surface area contributed by atoms with Gasteiger partial charge >= 0.3 is 13.8 Å². The van der Waals surface area contributed by atoms with Crippen molar-refractivity contribution in [2.24, 2.45) is 0 Å². The zero-order chi connectivity index (χ0) is 53.6. The molecule has 0 aliphatic rings. The first-order chi connectivity index (χ1) is 35.4. The number of quaternary nitrogens is 1. The molecule has 0 saturated heterocycles. The quantitative estimate of drug-likeness (QED) is 0.0205. The predicted octanol–water partition coefficient (Wildman–Crippen LogP) is 19.3. The molecule has 0 spiro atoms. The van der Waals surface area contributed by atoms with E-state index < -0.39 is 20.0 Å². The van der Waals surface area contributed by atoms with Crippen molar-refractivity contribution in [1.82, 2.24) is 5.32 Å². The summed E-state index contributed by atoms with van der Waals surface area (Å²) < 4.78 is 30.7. The standard InChI is InChI=1S/C63H123N2O7P/c1-7-10-13-16-19-22-25-27-29-30-31-32-33-34-36-38-41-44-47-50-53-56-63(67)72-61(54-51-48-45-42-39-24-21-18-15-12-9-3)60(59-71-73(68,69)70-58-57-65(4,5)6)64-62(66)55-52-49-46-43-40-37-35-28-26-23-20-17-14-11-8-2/h23,26,51,54,60-61H,7-22,24-25,27-50,52-53,55-59H2,1-6H3,(H-,64,66,68,69)/p+1/b26-23-,54-51-. The van der Waals surface area contributed by atoms with Crippen LogP contribution in [0.25, 0.3) is 0 Å².